The Morgan fingerprint density at radius 2 is 2.08 bits per heavy atom. The van der Waals surface area contributed by atoms with Crippen LogP contribution in [-0.2, 0) is 10.0 Å². The van der Waals surface area contributed by atoms with E-state index >= 15 is 0 Å². The summed E-state index contributed by atoms with van der Waals surface area (Å²) in [5.74, 6) is 0.225. The Morgan fingerprint density at radius 3 is 2.58 bits per heavy atom. The molecule has 1 aliphatic carbocycles. The fraction of sp³-hybridized carbons (Fsp3) is 1.00. The third kappa shape index (κ3) is 4.04. The van der Waals surface area contributed by atoms with Gasteiger partial charge in [0, 0.05) is 6.04 Å². The first kappa shape index (κ1) is 9.95. The maximum atomic E-state index is 10.9. The first-order chi connectivity index (χ1) is 5.64. The summed E-state index contributed by atoms with van der Waals surface area (Å²) in [6, 6.07) is 0.669. The second-order valence-electron chi connectivity index (χ2n) is 3.10. The van der Waals surface area contributed by atoms with Gasteiger partial charge in [-0.15, -0.1) is 0 Å². The third-order valence-corrected chi connectivity index (χ3v) is 3.36. The second kappa shape index (κ2) is 4.20. The summed E-state index contributed by atoms with van der Waals surface area (Å²) in [6.07, 6.45) is 3.19. The molecule has 0 spiro atoms. The van der Waals surface area contributed by atoms with Gasteiger partial charge in [-0.25, -0.2) is 13.1 Å². The molecule has 0 atom stereocenters. The van der Waals surface area contributed by atoms with Crippen molar-refractivity contribution in [3.63, 3.8) is 0 Å². The largest absolute Gasteiger partial charge is 0.314 e. The Bertz CT molecular complexity index is 222. The molecule has 1 fully saturated rings. The first-order valence-corrected chi connectivity index (χ1v) is 5.94. The van der Waals surface area contributed by atoms with Gasteiger partial charge < -0.3 is 5.32 Å². The summed E-state index contributed by atoms with van der Waals surface area (Å²) < 4.78 is 24.1. The van der Waals surface area contributed by atoms with E-state index in [0.717, 1.165) is 6.54 Å². The van der Waals surface area contributed by atoms with Crippen LogP contribution < -0.4 is 10.0 Å². The fourth-order valence-corrected chi connectivity index (χ4v) is 1.69. The second-order valence-corrected chi connectivity index (χ2v) is 5.15. The van der Waals surface area contributed by atoms with E-state index in [1.165, 1.54) is 19.9 Å². The Labute approximate surface area is 73.8 Å². The zero-order valence-corrected chi connectivity index (χ0v) is 8.15. The Hall–Kier alpha value is -0.130. The van der Waals surface area contributed by atoms with E-state index in [1.807, 2.05) is 0 Å². The molecule has 0 unspecified atom stereocenters. The average Bonchev–Trinajstić information content (AvgIpc) is 2.82. The van der Waals surface area contributed by atoms with Crippen molar-refractivity contribution in [2.75, 3.05) is 19.3 Å². The van der Waals surface area contributed by atoms with Crippen LogP contribution >= 0.6 is 0 Å². The van der Waals surface area contributed by atoms with Gasteiger partial charge in [0.05, 0.1) is 5.75 Å². The zero-order chi connectivity index (χ0) is 9.03. The molecular weight excluding hydrogens is 176 g/mol. The van der Waals surface area contributed by atoms with Crippen LogP contribution in [0.4, 0.5) is 0 Å². The van der Waals surface area contributed by atoms with Gasteiger partial charge in [0.1, 0.15) is 0 Å². The lowest BCUT2D eigenvalue weighted by atomic mass is 10.5. The molecular formula is C7H16N2O2S. The van der Waals surface area contributed by atoms with Crippen LogP contribution in [0.3, 0.4) is 0 Å². The first-order valence-electron chi connectivity index (χ1n) is 4.28. The number of hydrogen-bond donors (Lipinski definition) is 2. The number of hydrogen-bond acceptors (Lipinski definition) is 3. The average molecular weight is 192 g/mol. The van der Waals surface area contributed by atoms with Crippen LogP contribution in [0.15, 0.2) is 0 Å². The van der Waals surface area contributed by atoms with Gasteiger partial charge in [-0.3, -0.25) is 0 Å². The zero-order valence-electron chi connectivity index (χ0n) is 7.34. The van der Waals surface area contributed by atoms with E-state index in [2.05, 4.69) is 10.0 Å². The van der Waals surface area contributed by atoms with E-state index in [4.69, 9.17) is 0 Å². The highest BCUT2D eigenvalue weighted by atomic mass is 32.2. The number of nitrogens with one attached hydrogen (secondary N) is 2. The summed E-state index contributed by atoms with van der Waals surface area (Å²) in [6.45, 7) is 0.811. The molecule has 0 heterocycles. The number of rotatable bonds is 6. The van der Waals surface area contributed by atoms with Gasteiger partial charge >= 0.3 is 0 Å². The smallest absolute Gasteiger partial charge is 0.211 e. The van der Waals surface area contributed by atoms with Crippen LogP contribution in [0.1, 0.15) is 19.3 Å². The normalized spacial score (nSPS) is 18.1. The molecule has 0 bridgehead atoms. The molecule has 5 heteroatoms. The molecule has 1 rings (SSSR count). The molecule has 1 aliphatic rings. The van der Waals surface area contributed by atoms with Crippen molar-refractivity contribution in [1.29, 1.82) is 0 Å². The molecule has 0 saturated heterocycles. The standard InChI is InChI=1S/C7H16N2O2S/c1-8-12(10,11)6-2-5-9-7-3-4-7/h7-9H,2-6H2,1H3. The van der Waals surface area contributed by atoms with Crippen LogP contribution in [-0.4, -0.2) is 33.8 Å². The molecule has 12 heavy (non-hydrogen) atoms. The molecule has 0 aromatic rings. The molecule has 0 amide bonds. The van der Waals surface area contributed by atoms with E-state index in [9.17, 15) is 8.42 Å². The van der Waals surface area contributed by atoms with Crippen molar-refractivity contribution in [2.45, 2.75) is 25.3 Å². The van der Waals surface area contributed by atoms with Gasteiger partial charge in [0.25, 0.3) is 0 Å². The van der Waals surface area contributed by atoms with Crippen molar-refractivity contribution >= 4 is 10.0 Å². The van der Waals surface area contributed by atoms with Gasteiger partial charge in [0.15, 0.2) is 0 Å². The highest BCUT2D eigenvalue weighted by molar-refractivity contribution is 7.89. The van der Waals surface area contributed by atoms with E-state index in [1.54, 1.807) is 0 Å². The Kier molecular flexibility index (Phi) is 3.49. The highest BCUT2D eigenvalue weighted by Gasteiger charge is 2.19. The predicted molar refractivity (Wildman–Crippen MR) is 48.5 cm³/mol. The van der Waals surface area contributed by atoms with Gasteiger partial charge in [-0.1, -0.05) is 0 Å². The lowest BCUT2D eigenvalue weighted by molar-refractivity contribution is 0.581. The summed E-state index contributed by atoms with van der Waals surface area (Å²) in [4.78, 5) is 0. The monoisotopic (exact) mass is 192 g/mol. The van der Waals surface area contributed by atoms with Crippen molar-refractivity contribution in [3.05, 3.63) is 0 Å². The van der Waals surface area contributed by atoms with Gasteiger partial charge in [0.2, 0.25) is 10.0 Å². The van der Waals surface area contributed by atoms with Gasteiger partial charge in [-0.05, 0) is 32.9 Å². The lowest BCUT2D eigenvalue weighted by Crippen LogP contribution is -2.25. The molecule has 0 aliphatic heterocycles. The molecule has 2 N–H and O–H groups in total. The number of sulfonamides is 1. The van der Waals surface area contributed by atoms with Crippen molar-refractivity contribution in [2.24, 2.45) is 0 Å². The fourth-order valence-electron chi connectivity index (χ4n) is 0.958. The minimum Gasteiger partial charge on any atom is -0.314 e. The molecule has 72 valence electrons. The molecule has 0 radical (unpaired) electrons. The van der Waals surface area contributed by atoms with Gasteiger partial charge in [-0.2, -0.15) is 0 Å². The summed E-state index contributed by atoms with van der Waals surface area (Å²) in [5, 5.41) is 3.26. The Balaban J connectivity index is 2.00. The van der Waals surface area contributed by atoms with E-state index in [-0.39, 0.29) is 5.75 Å². The third-order valence-electron chi connectivity index (χ3n) is 1.91. The SMILES string of the molecule is CNS(=O)(=O)CCCNC1CC1. The summed E-state index contributed by atoms with van der Waals surface area (Å²) in [5.41, 5.74) is 0. The summed E-state index contributed by atoms with van der Waals surface area (Å²) >= 11 is 0. The van der Waals surface area contributed by atoms with Crippen molar-refractivity contribution in [3.8, 4) is 0 Å². The van der Waals surface area contributed by atoms with Crippen LogP contribution in [0, 0.1) is 0 Å². The minimum absolute atomic E-state index is 0.225. The van der Waals surface area contributed by atoms with Crippen LogP contribution in [0.25, 0.3) is 0 Å². The lowest BCUT2D eigenvalue weighted by Gasteiger charge is -2.02. The molecule has 0 aromatic heterocycles. The summed E-state index contributed by atoms with van der Waals surface area (Å²) in [7, 11) is -1.54. The van der Waals surface area contributed by atoms with Crippen LogP contribution in [0.2, 0.25) is 0 Å². The van der Waals surface area contributed by atoms with Crippen molar-refractivity contribution in [1.82, 2.24) is 10.0 Å². The maximum absolute atomic E-state index is 10.9. The predicted octanol–water partition coefficient (Wildman–Crippen LogP) is -0.322. The molecule has 4 nitrogen and oxygen atoms in total. The topological polar surface area (TPSA) is 58.2 Å². The van der Waals surface area contributed by atoms with Crippen molar-refractivity contribution < 1.29 is 8.42 Å². The quantitative estimate of drug-likeness (QED) is 0.567. The Morgan fingerprint density at radius 1 is 1.42 bits per heavy atom. The highest BCUT2D eigenvalue weighted by Crippen LogP contribution is 2.18. The van der Waals surface area contributed by atoms with Crippen LogP contribution in [0.5, 0.6) is 0 Å². The minimum atomic E-state index is -2.99. The molecule has 1 saturated carbocycles. The van der Waals surface area contributed by atoms with E-state index in [0.29, 0.717) is 12.5 Å². The maximum Gasteiger partial charge on any atom is 0.211 e. The molecule has 0 aromatic carbocycles. The van der Waals surface area contributed by atoms with E-state index < -0.39 is 10.0 Å².